The molecular formula is C36H54N8O10. The van der Waals surface area contributed by atoms with Crippen LogP contribution in [0.2, 0.25) is 0 Å². The molecule has 1 aromatic heterocycles. The number of carbonyl (C=O) groups excluding carboxylic acids is 6. The van der Waals surface area contributed by atoms with Crippen molar-refractivity contribution in [2.24, 2.45) is 29.2 Å². The third kappa shape index (κ3) is 12.9. The van der Waals surface area contributed by atoms with Crippen molar-refractivity contribution >= 4 is 58.3 Å². The molecule has 8 atom stereocenters. The number of primary amides is 1. The third-order valence-electron chi connectivity index (χ3n) is 9.36. The molecule has 0 aliphatic carbocycles. The van der Waals surface area contributed by atoms with Gasteiger partial charge < -0.3 is 53.2 Å². The van der Waals surface area contributed by atoms with Gasteiger partial charge in [-0.1, -0.05) is 72.6 Å². The van der Waals surface area contributed by atoms with Crippen molar-refractivity contribution in [3.8, 4) is 0 Å². The first-order valence-corrected chi connectivity index (χ1v) is 17.9. The Morgan fingerprint density at radius 3 is 1.78 bits per heavy atom. The van der Waals surface area contributed by atoms with Crippen LogP contribution < -0.4 is 38.1 Å². The van der Waals surface area contributed by atoms with Crippen LogP contribution in [0.3, 0.4) is 0 Å². The first kappa shape index (κ1) is 44.6. The monoisotopic (exact) mass is 758 g/mol. The van der Waals surface area contributed by atoms with E-state index in [1.807, 2.05) is 19.9 Å². The largest absolute Gasteiger partial charge is 0.481 e. The highest BCUT2D eigenvalue weighted by molar-refractivity contribution is 5.98. The molecular weight excluding hydrogens is 704 g/mol. The standard InChI is InChI=1S/C36H54N8O10/c1-7-18(5)28(38)33(50)44-30(19(6)8-2)35(52)41-23(13-20-16-39-22-12-10-9-11-21(20)22)31(48)40-24(15-27(46)47)32(49)43-29(17(3)4)34(51)42-25(36(53)54)14-26(37)45/h9-12,16-19,23-25,28-30,39H,7-8,13-15,38H2,1-6H3,(H2,37,45)(H,40,48)(H,41,52)(H,42,51)(H,43,49)(H,44,50)(H,46,47)(H,53,54)/t18?,19?,23-,24-,25-,28?,29-,30-/m0/s1. The molecule has 0 aliphatic rings. The Kier molecular flexibility index (Phi) is 17.1. The lowest BCUT2D eigenvalue weighted by Crippen LogP contribution is -2.61. The Labute approximate surface area is 313 Å². The number of fused-ring (bicyclic) bond motifs is 1. The molecule has 18 nitrogen and oxygen atoms in total. The number of hydrogen-bond acceptors (Lipinski definition) is 9. The molecule has 0 bridgehead atoms. The van der Waals surface area contributed by atoms with Crippen molar-refractivity contribution in [1.29, 1.82) is 0 Å². The van der Waals surface area contributed by atoms with Gasteiger partial charge in [0.1, 0.15) is 30.2 Å². The van der Waals surface area contributed by atoms with Crippen LogP contribution in [0.4, 0.5) is 0 Å². The molecule has 298 valence electrons. The molecule has 0 fully saturated rings. The number of carboxylic acid groups (broad SMARTS) is 2. The van der Waals surface area contributed by atoms with E-state index in [4.69, 9.17) is 11.5 Å². The lowest BCUT2D eigenvalue weighted by atomic mass is 9.95. The number of aromatic nitrogens is 1. The predicted molar refractivity (Wildman–Crippen MR) is 197 cm³/mol. The van der Waals surface area contributed by atoms with Gasteiger partial charge in [-0.3, -0.25) is 33.6 Å². The number of rotatable bonds is 22. The molecule has 0 saturated carbocycles. The number of H-pyrrole nitrogens is 1. The Balaban J connectivity index is 2.45. The zero-order chi connectivity index (χ0) is 40.9. The summed E-state index contributed by atoms with van der Waals surface area (Å²) in [6.45, 7) is 10.3. The SMILES string of the molecule is CCC(C)C(N)C(=O)N[C@H](C(=O)N[C@@H](Cc1c[nH]c2ccccc12)C(=O)N[C@@H](CC(=O)O)C(=O)N[C@H](C(=O)N[C@@H](CC(N)=O)C(=O)O)C(C)C)C(C)CC. The van der Waals surface area contributed by atoms with Gasteiger partial charge in [0.25, 0.3) is 0 Å². The second-order valence-electron chi connectivity index (χ2n) is 13.9. The maximum Gasteiger partial charge on any atom is 0.326 e. The van der Waals surface area contributed by atoms with Gasteiger partial charge in [-0.2, -0.15) is 0 Å². The summed E-state index contributed by atoms with van der Waals surface area (Å²) in [5.41, 5.74) is 12.6. The number of amides is 6. The van der Waals surface area contributed by atoms with Gasteiger partial charge in [-0.05, 0) is 29.4 Å². The maximum atomic E-state index is 14.0. The summed E-state index contributed by atoms with van der Waals surface area (Å²) < 4.78 is 0. The van der Waals surface area contributed by atoms with Crippen LogP contribution in [0.1, 0.15) is 72.8 Å². The fourth-order valence-corrected chi connectivity index (χ4v) is 5.56. The molecule has 12 N–H and O–H groups in total. The Morgan fingerprint density at radius 1 is 0.685 bits per heavy atom. The van der Waals surface area contributed by atoms with E-state index in [0.29, 0.717) is 18.4 Å². The molecule has 2 aromatic rings. The molecule has 54 heavy (non-hydrogen) atoms. The van der Waals surface area contributed by atoms with Crippen molar-refractivity contribution in [1.82, 2.24) is 31.6 Å². The normalized spacial score (nSPS) is 15.7. The molecule has 1 heterocycles. The van der Waals surface area contributed by atoms with E-state index >= 15 is 0 Å². The van der Waals surface area contributed by atoms with E-state index in [9.17, 15) is 48.6 Å². The average Bonchev–Trinajstić information content (AvgIpc) is 3.52. The number of nitrogens with one attached hydrogen (secondary N) is 6. The van der Waals surface area contributed by atoms with Crippen LogP contribution >= 0.6 is 0 Å². The average molecular weight is 759 g/mol. The zero-order valence-corrected chi connectivity index (χ0v) is 31.4. The second kappa shape index (κ2) is 20.6. The van der Waals surface area contributed by atoms with Crippen molar-refractivity contribution in [3.05, 3.63) is 36.0 Å². The predicted octanol–water partition coefficient (Wildman–Crippen LogP) is -0.355. The minimum atomic E-state index is -1.77. The van der Waals surface area contributed by atoms with Gasteiger partial charge >= 0.3 is 11.9 Å². The summed E-state index contributed by atoms with van der Waals surface area (Å²) in [6.07, 6.45) is 0.949. The van der Waals surface area contributed by atoms with Crippen LogP contribution in [0.5, 0.6) is 0 Å². The summed E-state index contributed by atoms with van der Waals surface area (Å²) in [5.74, 6) is -9.59. The number of aromatic amines is 1. The number of benzene rings is 1. The van der Waals surface area contributed by atoms with Crippen LogP contribution in [-0.4, -0.2) is 98.8 Å². The van der Waals surface area contributed by atoms with Gasteiger partial charge in [0.15, 0.2) is 0 Å². The topological polar surface area (TPSA) is 305 Å². The number of carboxylic acids is 2. The van der Waals surface area contributed by atoms with E-state index in [-0.39, 0.29) is 12.3 Å². The number of aliphatic carboxylic acids is 2. The molecule has 0 radical (unpaired) electrons. The van der Waals surface area contributed by atoms with E-state index in [2.05, 4.69) is 31.6 Å². The highest BCUT2D eigenvalue weighted by Crippen LogP contribution is 2.20. The smallest absolute Gasteiger partial charge is 0.326 e. The van der Waals surface area contributed by atoms with Crippen LogP contribution in [-0.2, 0) is 44.8 Å². The van der Waals surface area contributed by atoms with Crippen molar-refractivity contribution in [3.63, 3.8) is 0 Å². The van der Waals surface area contributed by atoms with Crippen molar-refractivity contribution in [2.75, 3.05) is 0 Å². The maximum absolute atomic E-state index is 14.0. The van der Waals surface area contributed by atoms with Crippen molar-refractivity contribution in [2.45, 2.75) is 110 Å². The Hall–Kier alpha value is -5.52. The summed E-state index contributed by atoms with van der Waals surface area (Å²) in [7, 11) is 0. The quantitative estimate of drug-likeness (QED) is 0.0740. The van der Waals surface area contributed by atoms with E-state index < -0.39 is 108 Å². The molecule has 3 unspecified atom stereocenters. The van der Waals surface area contributed by atoms with Gasteiger partial charge in [-0.15, -0.1) is 0 Å². The molecule has 1 aromatic carbocycles. The third-order valence-corrected chi connectivity index (χ3v) is 9.36. The highest BCUT2D eigenvalue weighted by atomic mass is 16.4. The fraction of sp³-hybridized carbons (Fsp3) is 0.556. The number of nitrogens with two attached hydrogens (primary N) is 2. The highest BCUT2D eigenvalue weighted by Gasteiger charge is 2.36. The van der Waals surface area contributed by atoms with Gasteiger partial charge in [0.2, 0.25) is 35.4 Å². The van der Waals surface area contributed by atoms with Crippen LogP contribution in [0.15, 0.2) is 30.5 Å². The van der Waals surface area contributed by atoms with Gasteiger partial charge in [-0.25, -0.2) is 4.79 Å². The first-order valence-electron chi connectivity index (χ1n) is 17.9. The fourth-order valence-electron chi connectivity index (χ4n) is 5.56. The van der Waals surface area contributed by atoms with Gasteiger partial charge in [0.05, 0.1) is 18.9 Å². The molecule has 6 amide bonds. The van der Waals surface area contributed by atoms with E-state index in [1.165, 1.54) is 13.8 Å². The summed E-state index contributed by atoms with van der Waals surface area (Å²) in [5, 5.41) is 32.1. The van der Waals surface area contributed by atoms with E-state index in [1.54, 1.807) is 38.2 Å². The molecule has 2 rings (SSSR count). The van der Waals surface area contributed by atoms with E-state index in [0.717, 1.165) is 10.9 Å². The summed E-state index contributed by atoms with van der Waals surface area (Å²) in [6, 6.07) is -1.12. The first-order chi connectivity index (χ1) is 25.3. The number of hydrogen-bond donors (Lipinski definition) is 10. The lowest BCUT2D eigenvalue weighted by Gasteiger charge is -2.29. The minimum Gasteiger partial charge on any atom is -0.481 e. The number of para-hydroxylation sites is 1. The Bertz CT molecular complexity index is 1680. The molecule has 0 aliphatic heterocycles. The zero-order valence-electron chi connectivity index (χ0n) is 31.4. The minimum absolute atomic E-state index is 0.121. The summed E-state index contributed by atoms with van der Waals surface area (Å²) in [4.78, 5) is 106. The molecule has 18 heteroatoms. The Morgan fingerprint density at radius 2 is 1.22 bits per heavy atom. The van der Waals surface area contributed by atoms with Crippen LogP contribution in [0.25, 0.3) is 10.9 Å². The van der Waals surface area contributed by atoms with Gasteiger partial charge in [0, 0.05) is 23.5 Å². The number of carbonyl (C=O) groups is 8. The molecule has 0 spiro atoms. The lowest BCUT2D eigenvalue weighted by molar-refractivity contribution is -0.144. The summed E-state index contributed by atoms with van der Waals surface area (Å²) >= 11 is 0. The second-order valence-corrected chi connectivity index (χ2v) is 13.9. The van der Waals surface area contributed by atoms with Crippen LogP contribution in [0, 0.1) is 17.8 Å². The van der Waals surface area contributed by atoms with Crippen molar-refractivity contribution < 1.29 is 48.6 Å². The molecule has 0 saturated heterocycles.